The molecule has 4 atom stereocenters. The normalized spacial score (nSPS) is 27.7. The van der Waals surface area contributed by atoms with E-state index in [4.69, 9.17) is 0 Å². The van der Waals surface area contributed by atoms with Crippen LogP contribution in [0.4, 0.5) is 0 Å². The molecule has 0 bridgehead atoms. The van der Waals surface area contributed by atoms with Crippen molar-refractivity contribution < 1.29 is 5.11 Å². The lowest BCUT2D eigenvalue weighted by Gasteiger charge is -2.37. The van der Waals surface area contributed by atoms with Crippen LogP contribution in [0.3, 0.4) is 0 Å². The molecule has 0 saturated carbocycles. The second-order valence-electron chi connectivity index (χ2n) is 6.48. The van der Waals surface area contributed by atoms with E-state index in [1.807, 2.05) is 30.3 Å². The summed E-state index contributed by atoms with van der Waals surface area (Å²) in [7, 11) is 0. The number of likely N-dealkylation sites (tertiary alicyclic amines) is 1. The van der Waals surface area contributed by atoms with Gasteiger partial charge in [0.1, 0.15) is 0 Å². The van der Waals surface area contributed by atoms with Crippen LogP contribution >= 0.6 is 0 Å². The van der Waals surface area contributed by atoms with Crippen molar-refractivity contribution >= 4 is 0 Å². The van der Waals surface area contributed by atoms with Gasteiger partial charge >= 0.3 is 0 Å². The first-order valence-corrected chi connectivity index (χ1v) is 7.49. The molecule has 1 N–H and O–H groups in total. The average Bonchev–Trinajstić information content (AvgIpc) is 2.69. The van der Waals surface area contributed by atoms with Gasteiger partial charge in [0.15, 0.2) is 0 Å². The largest absolute Gasteiger partial charge is 0.387 e. The summed E-state index contributed by atoms with van der Waals surface area (Å²) in [5.74, 6) is 1.18. The number of benzene rings is 1. The van der Waals surface area contributed by atoms with Crippen molar-refractivity contribution in [3.8, 4) is 0 Å². The van der Waals surface area contributed by atoms with Crippen LogP contribution in [0.25, 0.3) is 0 Å². The second-order valence-corrected chi connectivity index (χ2v) is 6.48. The van der Waals surface area contributed by atoms with Crippen molar-refractivity contribution in [1.29, 1.82) is 0 Å². The molecule has 0 aliphatic carbocycles. The molecule has 1 fully saturated rings. The lowest BCUT2D eigenvalue weighted by atomic mass is 9.91. The molecule has 0 aromatic heterocycles. The lowest BCUT2D eigenvalue weighted by Crippen LogP contribution is -2.45. The quantitative estimate of drug-likeness (QED) is 0.897. The van der Waals surface area contributed by atoms with Crippen LogP contribution in [0, 0.1) is 11.8 Å². The van der Waals surface area contributed by atoms with Gasteiger partial charge in [-0.3, -0.25) is 4.90 Å². The van der Waals surface area contributed by atoms with Crippen LogP contribution in [0.15, 0.2) is 30.3 Å². The van der Waals surface area contributed by atoms with Crippen molar-refractivity contribution in [2.24, 2.45) is 11.8 Å². The highest BCUT2D eigenvalue weighted by Gasteiger charge is 2.37. The monoisotopic (exact) mass is 261 g/mol. The molecule has 19 heavy (non-hydrogen) atoms. The van der Waals surface area contributed by atoms with Crippen LogP contribution < -0.4 is 0 Å². The topological polar surface area (TPSA) is 23.5 Å². The van der Waals surface area contributed by atoms with Gasteiger partial charge in [-0.05, 0) is 30.7 Å². The van der Waals surface area contributed by atoms with Crippen LogP contribution in [0.1, 0.15) is 45.8 Å². The maximum atomic E-state index is 10.8. The van der Waals surface area contributed by atoms with E-state index in [9.17, 15) is 5.11 Å². The number of aliphatic hydroxyl groups excluding tert-OH is 1. The molecule has 0 spiro atoms. The van der Waals surface area contributed by atoms with Gasteiger partial charge in [-0.25, -0.2) is 0 Å². The standard InChI is InChI=1S/C17H27NO/c1-12(2)16(18-11-13(3)10-14(18)4)17(19)15-8-6-5-7-9-15/h5-9,12-14,16-17,19H,10-11H2,1-4H3. The van der Waals surface area contributed by atoms with Crippen molar-refractivity contribution in [1.82, 2.24) is 4.90 Å². The summed E-state index contributed by atoms with van der Waals surface area (Å²) < 4.78 is 0. The Bertz CT molecular complexity index is 390. The van der Waals surface area contributed by atoms with Crippen LogP contribution in [-0.4, -0.2) is 28.6 Å². The van der Waals surface area contributed by atoms with E-state index in [1.165, 1.54) is 6.42 Å². The molecule has 106 valence electrons. The number of hydrogen-bond donors (Lipinski definition) is 1. The molecule has 2 rings (SSSR count). The van der Waals surface area contributed by atoms with Gasteiger partial charge in [0.25, 0.3) is 0 Å². The number of hydrogen-bond acceptors (Lipinski definition) is 2. The molecule has 1 saturated heterocycles. The second kappa shape index (κ2) is 6.06. The maximum Gasteiger partial charge on any atom is 0.0947 e. The minimum Gasteiger partial charge on any atom is -0.387 e. The molecule has 1 aliphatic rings. The number of aliphatic hydroxyl groups is 1. The molecule has 2 heteroatoms. The Balaban J connectivity index is 2.21. The van der Waals surface area contributed by atoms with E-state index in [1.54, 1.807) is 0 Å². The Kier molecular flexibility index (Phi) is 4.64. The third kappa shape index (κ3) is 3.18. The number of rotatable bonds is 4. The van der Waals surface area contributed by atoms with Gasteiger partial charge in [-0.2, -0.15) is 0 Å². The van der Waals surface area contributed by atoms with Gasteiger partial charge in [0.05, 0.1) is 6.10 Å². The molecule has 0 radical (unpaired) electrons. The first kappa shape index (κ1) is 14.5. The zero-order valence-electron chi connectivity index (χ0n) is 12.6. The predicted octanol–water partition coefficient (Wildman–Crippen LogP) is 3.47. The Hall–Kier alpha value is -0.860. The van der Waals surface area contributed by atoms with Gasteiger partial charge in [0.2, 0.25) is 0 Å². The number of nitrogens with zero attached hydrogens (tertiary/aromatic N) is 1. The minimum absolute atomic E-state index is 0.211. The molecule has 1 aromatic carbocycles. The molecule has 2 nitrogen and oxygen atoms in total. The molecular weight excluding hydrogens is 234 g/mol. The van der Waals surface area contributed by atoms with E-state index in [0.29, 0.717) is 12.0 Å². The highest BCUT2D eigenvalue weighted by molar-refractivity contribution is 5.19. The zero-order chi connectivity index (χ0) is 14.0. The fourth-order valence-electron chi connectivity index (χ4n) is 3.52. The van der Waals surface area contributed by atoms with Crippen molar-refractivity contribution in [3.63, 3.8) is 0 Å². The first-order valence-electron chi connectivity index (χ1n) is 7.49. The zero-order valence-corrected chi connectivity index (χ0v) is 12.6. The third-order valence-corrected chi connectivity index (χ3v) is 4.36. The molecule has 1 aromatic rings. The Morgan fingerprint density at radius 2 is 1.79 bits per heavy atom. The summed E-state index contributed by atoms with van der Waals surface area (Å²) in [6, 6.07) is 10.9. The summed E-state index contributed by atoms with van der Waals surface area (Å²) >= 11 is 0. The summed E-state index contributed by atoms with van der Waals surface area (Å²) in [4.78, 5) is 2.51. The smallest absolute Gasteiger partial charge is 0.0947 e. The van der Waals surface area contributed by atoms with Crippen molar-refractivity contribution in [2.45, 2.75) is 52.3 Å². The highest BCUT2D eigenvalue weighted by atomic mass is 16.3. The Labute approximate surface area is 117 Å². The van der Waals surface area contributed by atoms with Crippen LogP contribution in [0.5, 0.6) is 0 Å². The van der Waals surface area contributed by atoms with E-state index < -0.39 is 6.10 Å². The Morgan fingerprint density at radius 1 is 1.16 bits per heavy atom. The van der Waals surface area contributed by atoms with Gasteiger partial charge in [-0.15, -0.1) is 0 Å². The Morgan fingerprint density at radius 3 is 2.26 bits per heavy atom. The molecule has 4 unspecified atom stereocenters. The predicted molar refractivity (Wildman–Crippen MR) is 80.0 cm³/mol. The first-order chi connectivity index (χ1) is 9.00. The van der Waals surface area contributed by atoms with Crippen LogP contribution in [0.2, 0.25) is 0 Å². The molecule has 1 aliphatic heterocycles. The summed E-state index contributed by atoms with van der Waals surface area (Å²) in [6.07, 6.45) is 0.846. The minimum atomic E-state index is -0.394. The van der Waals surface area contributed by atoms with Gasteiger partial charge in [-0.1, -0.05) is 51.1 Å². The summed E-state index contributed by atoms with van der Waals surface area (Å²) in [5.41, 5.74) is 1.04. The van der Waals surface area contributed by atoms with Crippen molar-refractivity contribution in [3.05, 3.63) is 35.9 Å². The SMILES string of the molecule is CC1CC(C)N(C(C(C)C)C(O)c2ccccc2)C1. The molecule has 1 heterocycles. The summed E-state index contributed by atoms with van der Waals surface area (Å²) in [6.45, 7) is 10.1. The maximum absolute atomic E-state index is 10.8. The third-order valence-electron chi connectivity index (χ3n) is 4.36. The molecule has 0 amide bonds. The fraction of sp³-hybridized carbons (Fsp3) is 0.647. The summed E-state index contributed by atoms with van der Waals surface area (Å²) in [5, 5.41) is 10.8. The average molecular weight is 261 g/mol. The van der Waals surface area contributed by atoms with Crippen LogP contribution in [-0.2, 0) is 0 Å². The lowest BCUT2D eigenvalue weighted by molar-refractivity contribution is 0.0175. The van der Waals surface area contributed by atoms with E-state index in [2.05, 4.69) is 32.6 Å². The molecular formula is C17H27NO. The van der Waals surface area contributed by atoms with E-state index in [0.717, 1.165) is 18.0 Å². The van der Waals surface area contributed by atoms with Gasteiger partial charge < -0.3 is 5.11 Å². The van der Waals surface area contributed by atoms with Gasteiger partial charge in [0, 0.05) is 18.6 Å². The fourth-order valence-corrected chi connectivity index (χ4v) is 3.52. The van der Waals surface area contributed by atoms with Crippen molar-refractivity contribution in [2.75, 3.05) is 6.54 Å². The highest BCUT2D eigenvalue weighted by Crippen LogP contribution is 2.33. The van der Waals surface area contributed by atoms with E-state index in [-0.39, 0.29) is 6.04 Å². The van der Waals surface area contributed by atoms with E-state index >= 15 is 0 Å².